The first kappa shape index (κ1) is 18.8. The fraction of sp³-hybridized carbons (Fsp3) is 0.143. The lowest BCUT2D eigenvalue weighted by Gasteiger charge is -2.09. The van der Waals surface area contributed by atoms with Crippen LogP contribution in [0, 0.1) is 6.92 Å². The second-order valence-electron chi connectivity index (χ2n) is 6.22. The number of rotatable bonds is 6. The molecule has 0 atom stereocenters. The molecule has 0 unspecified atom stereocenters. The van der Waals surface area contributed by atoms with Crippen LogP contribution in [-0.2, 0) is 0 Å². The van der Waals surface area contributed by atoms with Gasteiger partial charge in [-0.1, -0.05) is 23.5 Å². The second kappa shape index (κ2) is 8.24. The summed E-state index contributed by atoms with van der Waals surface area (Å²) in [6, 6.07) is 15.1. The van der Waals surface area contributed by atoms with Gasteiger partial charge in [-0.15, -0.1) is 0 Å². The predicted molar refractivity (Wildman–Crippen MR) is 115 cm³/mol. The summed E-state index contributed by atoms with van der Waals surface area (Å²) in [5.41, 5.74) is 2.58. The van der Waals surface area contributed by atoms with E-state index in [0.29, 0.717) is 34.6 Å². The Labute approximate surface area is 171 Å². The van der Waals surface area contributed by atoms with Crippen molar-refractivity contribution < 1.29 is 9.53 Å². The van der Waals surface area contributed by atoms with Gasteiger partial charge in [0.1, 0.15) is 5.75 Å². The Balaban J connectivity index is 1.46. The molecule has 0 spiro atoms. The number of carbonyl (C=O) groups excluding carboxylic acids is 1. The van der Waals surface area contributed by atoms with Crippen molar-refractivity contribution in [3.05, 3.63) is 66.0 Å². The van der Waals surface area contributed by atoms with Gasteiger partial charge in [0.15, 0.2) is 5.13 Å². The average molecular weight is 405 g/mol. The minimum Gasteiger partial charge on any atom is -0.494 e. The number of nitrogens with zero attached hydrogens (tertiary/aromatic N) is 3. The van der Waals surface area contributed by atoms with Gasteiger partial charge in [0.2, 0.25) is 5.95 Å². The molecule has 0 aliphatic rings. The van der Waals surface area contributed by atoms with Crippen molar-refractivity contribution in [2.45, 2.75) is 13.8 Å². The smallest absolute Gasteiger partial charge is 0.259 e. The van der Waals surface area contributed by atoms with Crippen LogP contribution in [0.3, 0.4) is 0 Å². The molecule has 4 aromatic rings. The van der Waals surface area contributed by atoms with Crippen molar-refractivity contribution in [1.82, 2.24) is 15.0 Å². The van der Waals surface area contributed by atoms with Crippen molar-refractivity contribution in [1.29, 1.82) is 0 Å². The summed E-state index contributed by atoms with van der Waals surface area (Å²) in [5, 5.41) is 6.66. The van der Waals surface area contributed by atoms with Gasteiger partial charge in [-0.3, -0.25) is 4.79 Å². The Kier molecular flexibility index (Phi) is 5.35. The van der Waals surface area contributed by atoms with E-state index in [1.54, 1.807) is 19.1 Å². The molecule has 2 heterocycles. The molecule has 146 valence electrons. The topological polar surface area (TPSA) is 89.0 Å². The number of aryl methyl sites for hydroxylation is 1. The molecule has 8 heteroatoms. The molecule has 2 aromatic carbocycles. The molecule has 29 heavy (non-hydrogen) atoms. The SMILES string of the molecule is CCOc1ccc(NC(=O)c2cnc(Nc3nc4ccccc4s3)nc2C)cc1. The summed E-state index contributed by atoms with van der Waals surface area (Å²) in [5.74, 6) is 0.896. The van der Waals surface area contributed by atoms with Gasteiger partial charge in [0.05, 0.1) is 28.1 Å². The van der Waals surface area contributed by atoms with Crippen molar-refractivity contribution in [3.8, 4) is 5.75 Å². The van der Waals surface area contributed by atoms with Crippen LogP contribution in [0.1, 0.15) is 23.0 Å². The van der Waals surface area contributed by atoms with Crippen LogP contribution in [-0.4, -0.2) is 27.5 Å². The van der Waals surface area contributed by atoms with E-state index in [1.165, 1.54) is 17.5 Å². The minimum atomic E-state index is -0.266. The number of benzene rings is 2. The van der Waals surface area contributed by atoms with Crippen LogP contribution in [0.15, 0.2) is 54.7 Å². The Hall–Kier alpha value is -3.52. The third kappa shape index (κ3) is 4.33. The number of anilines is 3. The van der Waals surface area contributed by atoms with E-state index in [-0.39, 0.29) is 5.91 Å². The second-order valence-corrected chi connectivity index (χ2v) is 7.25. The molecular weight excluding hydrogens is 386 g/mol. The fourth-order valence-electron chi connectivity index (χ4n) is 2.77. The standard InChI is InChI=1S/C21H19N5O2S/c1-3-28-15-10-8-14(9-11-15)24-19(27)16-12-22-20(23-13(16)2)26-21-25-17-6-4-5-7-18(17)29-21/h4-12H,3H2,1-2H3,(H,24,27)(H,22,23,25,26). The van der Waals surface area contributed by atoms with Gasteiger partial charge >= 0.3 is 0 Å². The van der Waals surface area contributed by atoms with Crippen LogP contribution < -0.4 is 15.4 Å². The van der Waals surface area contributed by atoms with E-state index in [4.69, 9.17) is 4.74 Å². The number of ether oxygens (including phenoxy) is 1. The van der Waals surface area contributed by atoms with E-state index in [2.05, 4.69) is 25.6 Å². The molecule has 0 radical (unpaired) electrons. The number of hydrogen-bond acceptors (Lipinski definition) is 7. The number of fused-ring (bicyclic) bond motifs is 1. The number of para-hydroxylation sites is 1. The predicted octanol–water partition coefficient (Wildman–Crippen LogP) is 4.79. The van der Waals surface area contributed by atoms with Crippen molar-refractivity contribution in [2.24, 2.45) is 0 Å². The molecule has 0 fully saturated rings. The zero-order valence-corrected chi connectivity index (χ0v) is 16.8. The lowest BCUT2D eigenvalue weighted by Crippen LogP contribution is -2.15. The first-order chi connectivity index (χ1) is 14.1. The zero-order chi connectivity index (χ0) is 20.2. The fourth-order valence-corrected chi connectivity index (χ4v) is 3.63. The highest BCUT2D eigenvalue weighted by molar-refractivity contribution is 7.22. The molecular formula is C21H19N5O2S. The number of hydrogen-bond donors (Lipinski definition) is 2. The molecule has 2 aromatic heterocycles. The lowest BCUT2D eigenvalue weighted by atomic mass is 10.2. The Morgan fingerprint density at radius 3 is 2.62 bits per heavy atom. The molecule has 7 nitrogen and oxygen atoms in total. The normalized spacial score (nSPS) is 10.7. The van der Waals surface area contributed by atoms with Crippen LogP contribution in [0.2, 0.25) is 0 Å². The van der Waals surface area contributed by atoms with Crippen LogP contribution in [0.4, 0.5) is 16.8 Å². The van der Waals surface area contributed by atoms with Crippen molar-refractivity contribution in [3.63, 3.8) is 0 Å². The van der Waals surface area contributed by atoms with Gasteiger partial charge in [0, 0.05) is 11.9 Å². The first-order valence-electron chi connectivity index (χ1n) is 9.13. The van der Waals surface area contributed by atoms with Crippen molar-refractivity contribution >= 4 is 44.2 Å². The third-order valence-corrected chi connectivity index (χ3v) is 5.11. The summed E-state index contributed by atoms with van der Waals surface area (Å²) in [6.07, 6.45) is 1.52. The first-order valence-corrected chi connectivity index (χ1v) is 9.94. The van der Waals surface area contributed by atoms with E-state index >= 15 is 0 Å². The summed E-state index contributed by atoms with van der Waals surface area (Å²) in [6.45, 7) is 4.30. The van der Waals surface area contributed by atoms with Gasteiger partial charge < -0.3 is 15.4 Å². The zero-order valence-electron chi connectivity index (χ0n) is 16.0. The van der Waals surface area contributed by atoms with Gasteiger partial charge in [-0.05, 0) is 50.2 Å². The van der Waals surface area contributed by atoms with Crippen molar-refractivity contribution in [2.75, 3.05) is 17.2 Å². The number of nitrogens with one attached hydrogen (secondary N) is 2. The van der Waals surface area contributed by atoms with Crippen LogP contribution in [0.5, 0.6) is 5.75 Å². The van der Waals surface area contributed by atoms with Gasteiger partial charge in [-0.25, -0.2) is 15.0 Å². The molecule has 0 aliphatic carbocycles. The number of amides is 1. The van der Waals surface area contributed by atoms with Gasteiger partial charge in [-0.2, -0.15) is 0 Å². The Morgan fingerprint density at radius 1 is 1.10 bits per heavy atom. The highest BCUT2D eigenvalue weighted by Gasteiger charge is 2.13. The van der Waals surface area contributed by atoms with Gasteiger partial charge in [0.25, 0.3) is 5.91 Å². The quantitative estimate of drug-likeness (QED) is 0.479. The summed E-state index contributed by atoms with van der Waals surface area (Å²) in [4.78, 5) is 25.8. The third-order valence-electron chi connectivity index (χ3n) is 4.16. The number of aromatic nitrogens is 3. The monoisotopic (exact) mass is 405 g/mol. The maximum atomic E-state index is 12.6. The van der Waals surface area contributed by atoms with E-state index in [0.717, 1.165) is 16.0 Å². The Bertz CT molecular complexity index is 1120. The van der Waals surface area contributed by atoms with Crippen LogP contribution >= 0.6 is 11.3 Å². The molecule has 0 aliphatic heterocycles. The largest absolute Gasteiger partial charge is 0.494 e. The minimum absolute atomic E-state index is 0.266. The highest BCUT2D eigenvalue weighted by Crippen LogP contribution is 2.27. The molecule has 2 N–H and O–H groups in total. The Morgan fingerprint density at radius 2 is 1.90 bits per heavy atom. The maximum Gasteiger partial charge on any atom is 0.259 e. The molecule has 4 rings (SSSR count). The molecule has 1 amide bonds. The van der Waals surface area contributed by atoms with E-state index in [1.807, 2.05) is 43.3 Å². The molecule has 0 saturated heterocycles. The maximum absolute atomic E-state index is 12.6. The van der Waals surface area contributed by atoms with Crippen LogP contribution in [0.25, 0.3) is 10.2 Å². The summed E-state index contributed by atoms with van der Waals surface area (Å²) in [7, 11) is 0. The molecule has 0 saturated carbocycles. The average Bonchev–Trinajstić information content (AvgIpc) is 3.12. The number of carbonyl (C=O) groups is 1. The summed E-state index contributed by atoms with van der Waals surface area (Å²) >= 11 is 1.52. The lowest BCUT2D eigenvalue weighted by molar-refractivity contribution is 0.102. The number of thiazole rings is 1. The highest BCUT2D eigenvalue weighted by atomic mass is 32.1. The summed E-state index contributed by atoms with van der Waals surface area (Å²) < 4.78 is 6.49. The molecule has 0 bridgehead atoms. The van der Waals surface area contributed by atoms with E-state index < -0.39 is 0 Å². The van der Waals surface area contributed by atoms with E-state index in [9.17, 15) is 4.79 Å².